The molecule has 2 rings (SSSR count). The highest BCUT2D eigenvalue weighted by Gasteiger charge is 2.18. The number of amides is 1. The first-order valence-corrected chi connectivity index (χ1v) is 7.70. The van der Waals surface area contributed by atoms with Gasteiger partial charge in [-0.05, 0) is 49.3 Å². The number of nitrogens with one attached hydrogen (secondary N) is 1. The monoisotopic (exact) mass is 274 g/mol. The van der Waals surface area contributed by atoms with Crippen molar-refractivity contribution in [3.63, 3.8) is 0 Å². The lowest BCUT2D eigenvalue weighted by atomic mass is 9.81. The van der Waals surface area contributed by atoms with Crippen molar-refractivity contribution in [1.29, 1.82) is 0 Å². The average Bonchev–Trinajstić information content (AvgIpc) is 2.42. The third-order valence-electron chi connectivity index (χ3n) is 4.42. The van der Waals surface area contributed by atoms with Crippen molar-refractivity contribution in [2.45, 2.75) is 46.0 Å². The van der Waals surface area contributed by atoms with E-state index in [9.17, 15) is 4.79 Å². The Balaban J connectivity index is 1.78. The zero-order chi connectivity index (χ0) is 14.5. The third kappa shape index (κ3) is 3.99. The van der Waals surface area contributed by atoms with E-state index in [2.05, 4.69) is 12.2 Å². The highest BCUT2D eigenvalue weighted by atomic mass is 16.1. The van der Waals surface area contributed by atoms with Crippen LogP contribution in [0.25, 0.3) is 0 Å². The van der Waals surface area contributed by atoms with Crippen LogP contribution in [0, 0.1) is 18.8 Å². The summed E-state index contributed by atoms with van der Waals surface area (Å²) in [5, 5.41) is 3.01. The van der Waals surface area contributed by atoms with Crippen molar-refractivity contribution in [3.05, 3.63) is 29.3 Å². The first kappa shape index (κ1) is 14.9. The molecule has 3 N–H and O–H groups in total. The molecule has 2 unspecified atom stereocenters. The molecule has 1 amide bonds. The van der Waals surface area contributed by atoms with Gasteiger partial charge in [0.25, 0.3) is 5.91 Å². The lowest BCUT2D eigenvalue weighted by Crippen LogP contribution is -2.27. The van der Waals surface area contributed by atoms with Gasteiger partial charge in [-0.15, -0.1) is 0 Å². The standard InChI is InChI=1S/C17H26N2O/c1-12-4-3-5-14(10-12)8-9-19-17(20)15-7-6-13(2)16(18)11-15/h6-7,11-12,14H,3-5,8-10,18H2,1-2H3,(H,19,20). The zero-order valence-electron chi connectivity index (χ0n) is 12.6. The first-order chi connectivity index (χ1) is 9.56. The molecule has 1 fully saturated rings. The number of carbonyl (C=O) groups is 1. The Labute approximate surface area is 121 Å². The summed E-state index contributed by atoms with van der Waals surface area (Å²) >= 11 is 0. The molecule has 110 valence electrons. The van der Waals surface area contributed by atoms with Crippen LogP contribution in [0.4, 0.5) is 5.69 Å². The Morgan fingerprint density at radius 3 is 2.90 bits per heavy atom. The van der Waals surface area contributed by atoms with E-state index < -0.39 is 0 Å². The van der Waals surface area contributed by atoms with Crippen molar-refractivity contribution in [3.8, 4) is 0 Å². The summed E-state index contributed by atoms with van der Waals surface area (Å²) in [7, 11) is 0. The van der Waals surface area contributed by atoms with Crippen LogP contribution in [-0.2, 0) is 0 Å². The number of hydrogen-bond acceptors (Lipinski definition) is 2. The summed E-state index contributed by atoms with van der Waals surface area (Å²) < 4.78 is 0. The van der Waals surface area contributed by atoms with Crippen LogP contribution in [0.1, 0.15) is 54.9 Å². The minimum atomic E-state index is -0.0134. The minimum Gasteiger partial charge on any atom is -0.398 e. The second-order valence-corrected chi connectivity index (χ2v) is 6.25. The lowest BCUT2D eigenvalue weighted by Gasteiger charge is -2.26. The number of aryl methyl sites for hydroxylation is 1. The quantitative estimate of drug-likeness (QED) is 0.825. The fourth-order valence-corrected chi connectivity index (χ4v) is 3.10. The van der Waals surface area contributed by atoms with E-state index in [4.69, 9.17) is 5.73 Å². The maximum Gasteiger partial charge on any atom is 0.251 e. The second-order valence-electron chi connectivity index (χ2n) is 6.25. The van der Waals surface area contributed by atoms with Crippen molar-refractivity contribution < 1.29 is 4.79 Å². The molecule has 3 nitrogen and oxygen atoms in total. The minimum absolute atomic E-state index is 0.0134. The van der Waals surface area contributed by atoms with E-state index in [1.807, 2.05) is 19.1 Å². The molecule has 1 aliphatic carbocycles. The van der Waals surface area contributed by atoms with Gasteiger partial charge >= 0.3 is 0 Å². The van der Waals surface area contributed by atoms with Crippen molar-refractivity contribution in [2.75, 3.05) is 12.3 Å². The fourth-order valence-electron chi connectivity index (χ4n) is 3.10. The molecular formula is C17H26N2O. The molecule has 1 aromatic rings. The van der Waals surface area contributed by atoms with E-state index >= 15 is 0 Å². The van der Waals surface area contributed by atoms with Crippen molar-refractivity contribution in [2.24, 2.45) is 11.8 Å². The van der Waals surface area contributed by atoms with Gasteiger partial charge < -0.3 is 11.1 Å². The van der Waals surface area contributed by atoms with Crippen molar-refractivity contribution in [1.82, 2.24) is 5.32 Å². The van der Waals surface area contributed by atoms with Gasteiger partial charge in [-0.3, -0.25) is 4.79 Å². The Morgan fingerprint density at radius 2 is 2.20 bits per heavy atom. The van der Waals surface area contributed by atoms with Gasteiger partial charge in [0, 0.05) is 17.8 Å². The van der Waals surface area contributed by atoms with Gasteiger partial charge in [0.15, 0.2) is 0 Å². The van der Waals surface area contributed by atoms with Crippen LogP contribution in [0.5, 0.6) is 0 Å². The Bertz CT molecular complexity index is 470. The Hall–Kier alpha value is -1.51. The Morgan fingerprint density at radius 1 is 1.40 bits per heavy atom. The van der Waals surface area contributed by atoms with Crippen LogP contribution in [0.15, 0.2) is 18.2 Å². The molecule has 1 aliphatic rings. The zero-order valence-corrected chi connectivity index (χ0v) is 12.6. The lowest BCUT2D eigenvalue weighted by molar-refractivity contribution is 0.0949. The molecule has 0 aliphatic heterocycles. The predicted molar refractivity (Wildman–Crippen MR) is 83.7 cm³/mol. The van der Waals surface area contributed by atoms with Gasteiger partial charge in [0.05, 0.1) is 0 Å². The smallest absolute Gasteiger partial charge is 0.251 e. The number of hydrogen-bond donors (Lipinski definition) is 2. The number of nitrogen functional groups attached to an aromatic ring is 1. The highest BCUT2D eigenvalue weighted by molar-refractivity contribution is 5.95. The van der Waals surface area contributed by atoms with Crippen LogP contribution in [-0.4, -0.2) is 12.5 Å². The van der Waals surface area contributed by atoms with Crippen molar-refractivity contribution >= 4 is 11.6 Å². The van der Waals surface area contributed by atoms with Gasteiger partial charge in [-0.25, -0.2) is 0 Å². The largest absolute Gasteiger partial charge is 0.398 e. The molecule has 0 radical (unpaired) electrons. The molecule has 0 saturated heterocycles. The van der Waals surface area contributed by atoms with E-state index in [0.717, 1.165) is 30.4 Å². The number of rotatable bonds is 4. The summed E-state index contributed by atoms with van der Waals surface area (Å²) in [5.41, 5.74) is 8.19. The second kappa shape index (κ2) is 6.78. The fraction of sp³-hybridized carbons (Fsp3) is 0.588. The molecule has 2 atom stereocenters. The van der Waals surface area contributed by atoms with Crippen LogP contribution >= 0.6 is 0 Å². The number of nitrogens with two attached hydrogens (primary N) is 1. The average molecular weight is 274 g/mol. The number of anilines is 1. The molecule has 0 spiro atoms. The molecule has 0 heterocycles. The molecule has 3 heteroatoms. The van der Waals surface area contributed by atoms with Crippen LogP contribution in [0.2, 0.25) is 0 Å². The predicted octanol–water partition coefficient (Wildman–Crippen LogP) is 3.52. The Kier molecular flexibility index (Phi) is 5.05. The van der Waals surface area contributed by atoms with E-state index in [1.54, 1.807) is 6.07 Å². The summed E-state index contributed by atoms with van der Waals surface area (Å²) in [4.78, 5) is 12.0. The maximum absolute atomic E-state index is 12.0. The topological polar surface area (TPSA) is 55.1 Å². The molecular weight excluding hydrogens is 248 g/mol. The normalized spacial score (nSPS) is 22.5. The van der Waals surface area contributed by atoms with Crippen LogP contribution < -0.4 is 11.1 Å². The summed E-state index contributed by atoms with van der Waals surface area (Å²) in [5.74, 6) is 1.61. The number of benzene rings is 1. The van der Waals surface area contributed by atoms with E-state index in [0.29, 0.717) is 11.3 Å². The van der Waals surface area contributed by atoms with Gasteiger partial charge in [0.1, 0.15) is 0 Å². The maximum atomic E-state index is 12.0. The number of carbonyl (C=O) groups excluding carboxylic acids is 1. The SMILES string of the molecule is Cc1ccc(C(=O)NCCC2CCCC(C)C2)cc1N. The molecule has 20 heavy (non-hydrogen) atoms. The summed E-state index contributed by atoms with van der Waals surface area (Å²) in [6.07, 6.45) is 6.43. The third-order valence-corrected chi connectivity index (χ3v) is 4.42. The van der Waals surface area contributed by atoms with E-state index in [1.165, 1.54) is 25.7 Å². The summed E-state index contributed by atoms with van der Waals surface area (Å²) in [6, 6.07) is 5.49. The molecule has 0 aromatic heterocycles. The summed E-state index contributed by atoms with van der Waals surface area (Å²) in [6.45, 7) is 5.05. The van der Waals surface area contributed by atoms with Gasteiger partial charge in [-0.1, -0.05) is 32.3 Å². The molecule has 1 aromatic carbocycles. The molecule has 0 bridgehead atoms. The van der Waals surface area contributed by atoms with Gasteiger partial charge in [-0.2, -0.15) is 0 Å². The first-order valence-electron chi connectivity index (χ1n) is 7.70. The van der Waals surface area contributed by atoms with E-state index in [-0.39, 0.29) is 5.91 Å². The van der Waals surface area contributed by atoms with Crippen LogP contribution in [0.3, 0.4) is 0 Å². The van der Waals surface area contributed by atoms with Gasteiger partial charge in [0.2, 0.25) is 0 Å². The highest BCUT2D eigenvalue weighted by Crippen LogP contribution is 2.30. The molecule has 1 saturated carbocycles.